The highest BCUT2D eigenvalue weighted by molar-refractivity contribution is 5.93. The van der Waals surface area contributed by atoms with E-state index in [1.165, 1.54) is 6.07 Å². The Morgan fingerprint density at radius 3 is 2.68 bits per heavy atom. The number of hydrogen-bond donors (Lipinski definition) is 1. The van der Waals surface area contributed by atoms with E-state index in [2.05, 4.69) is 16.9 Å². The molecule has 4 rings (SSSR count). The van der Waals surface area contributed by atoms with Crippen LogP contribution in [0, 0.1) is 0 Å². The van der Waals surface area contributed by atoms with Crippen molar-refractivity contribution in [2.24, 2.45) is 0 Å². The Morgan fingerprint density at radius 1 is 1.18 bits per heavy atom. The topological polar surface area (TPSA) is 91.3 Å². The van der Waals surface area contributed by atoms with E-state index in [1.807, 2.05) is 20.6 Å². The summed E-state index contributed by atoms with van der Waals surface area (Å²) >= 11 is 0. The van der Waals surface area contributed by atoms with Crippen molar-refractivity contribution in [2.75, 3.05) is 13.1 Å². The van der Waals surface area contributed by atoms with Gasteiger partial charge in [0.1, 0.15) is 11.5 Å². The van der Waals surface area contributed by atoms with Crippen LogP contribution in [0.15, 0.2) is 35.4 Å². The molecule has 2 aliphatic heterocycles. The van der Waals surface area contributed by atoms with E-state index in [4.69, 9.17) is 0 Å². The molecule has 8 nitrogen and oxygen atoms in total. The smallest absolute Gasteiger partial charge is 0.270 e. The summed E-state index contributed by atoms with van der Waals surface area (Å²) in [7, 11) is 0. The Hall–Kier alpha value is -2.90. The van der Waals surface area contributed by atoms with Crippen molar-refractivity contribution in [3.63, 3.8) is 0 Å². The maximum Gasteiger partial charge on any atom is 0.270 e. The third-order valence-electron chi connectivity index (χ3n) is 5.84. The summed E-state index contributed by atoms with van der Waals surface area (Å²) < 4.78 is 2.03. The van der Waals surface area contributed by atoms with Gasteiger partial charge in [-0.15, -0.1) is 0 Å². The average molecular weight is 383 g/mol. The second-order valence-electron chi connectivity index (χ2n) is 7.37. The van der Waals surface area contributed by atoms with E-state index in [0.29, 0.717) is 31.7 Å². The quantitative estimate of drug-likeness (QED) is 0.835. The maximum absolute atomic E-state index is 12.8. The number of imidazole rings is 1. The number of fused-ring (bicyclic) bond motifs is 1. The minimum atomic E-state index is -0.282. The van der Waals surface area contributed by atoms with Crippen LogP contribution in [0.3, 0.4) is 0 Å². The van der Waals surface area contributed by atoms with Crippen LogP contribution in [0.25, 0.3) is 0 Å². The van der Waals surface area contributed by atoms with Crippen molar-refractivity contribution in [3.05, 3.63) is 52.5 Å². The first-order valence-corrected chi connectivity index (χ1v) is 9.88. The fourth-order valence-electron chi connectivity index (χ4n) is 4.49. The first kappa shape index (κ1) is 18.5. The lowest BCUT2D eigenvalue weighted by Gasteiger charge is -2.25. The third-order valence-corrected chi connectivity index (χ3v) is 5.84. The fraction of sp³-hybridized carbons (Fsp3) is 0.500. The minimum absolute atomic E-state index is 0.0274. The SMILES string of the molecule is CCc1nccn1CCC(=O)N1CC[C@H]2[C@@H]1CCN2C(=O)c1cccc(=O)[nH]1. The molecule has 1 N–H and O–H groups in total. The monoisotopic (exact) mass is 383 g/mol. The first-order valence-electron chi connectivity index (χ1n) is 9.88. The first-order chi connectivity index (χ1) is 13.6. The number of aromatic nitrogens is 3. The van der Waals surface area contributed by atoms with Gasteiger partial charge in [0, 0.05) is 50.9 Å². The van der Waals surface area contributed by atoms with Crippen molar-refractivity contribution < 1.29 is 9.59 Å². The minimum Gasteiger partial charge on any atom is -0.337 e. The van der Waals surface area contributed by atoms with E-state index in [1.54, 1.807) is 18.3 Å². The van der Waals surface area contributed by atoms with Gasteiger partial charge in [0.25, 0.3) is 5.91 Å². The van der Waals surface area contributed by atoms with Gasteiger partial charge >= 0.3 is 0 Å². The molecule has 4 heterocycles. The molecule has 0 saturated carbocycles. The molecule has 2 aromatic heterocycles. The highest BCUT2D eigenvalue weighted by Crippen LogP contribution is 2.32. The number of amides is 2. The van der Waals surface area contributed by atoms with Gasteiger partial charge in [0.05, 0.1) is 12.1 Å². The second-order valence-corrected chi connectivity index (χ2v) is 7.37. The molecule has 0 aliphatic carbocycles. The van der Waals surface area contributed by atoms with Crippen LogP contribution in [-0.4, -0.2) is 61.3 Å². The van der Waals surface area contributed by atoms with Crippen molar-refractivity contribution >= 4 is 11.8 Å². The van der Waals surface area contributed by atoms with E-state index < -0.39 is 0 Å². The number of carbonyl (C=O) groups is 2. The maximum atomic E-state index is 12.8. The van der Waals surface area contributed by atoms with Gasteiger partial charge in [-0.25, -0.2) is 4.98 Å². The summed E-state index contributed by atoms with van der Waals surface area (Å²) in [5.41, 5.74) is 0.0286. The standard InChI is InChI=1S/C20H25N5O3/c1-2-17-21-9-13-23(17)10-8-19(27)24-11-6-16-15(24)7-12-25(16)20(28)14-4-3-5-18(26)22-14/h3-5,9,13,15-16H,2,6-8,10-12H2,1H3,(H,22,26)/t15-,16-/m0/s1. The Labute approximate surface area is 163 Å². The van der Waals surface area contributed by atoms with Crippen LogP contribution >= 0.6 is 0 Å². The summed E-state index contributed by atoms with van der Waals surface area (Å²) in [6.45, 7) is 3.96. The van der Waals surface area contributed by atoms with Gasteiger partial charge < -0.3 is 19.4 Å². The molecular formula is C20H25N5O3. The van der Waals surface area contributed by atoms with Crippen molar-refractivity contribution in [3.8, 4) is 0 Å². The number of aromatic amines is 1. The largest absolute Gasteiger partial charge is 0.337 e. The zero-order valence-corrected chi connectivity index (χ0v) is 16.0. The predicted octanol–water partition coefficient (Wildman–Crippen LogP) is 1.04. The number of nitrogens with zero attached hydrogens (tertiary/aromatic N) is 4. The summed E-state index contributed by atoms with van der Waals surface area (Å²) in [5.74, 6) is 0.956. The molecule has 148 valence electrons. The van der Waals surface area contributed by atoms with Crippen molar-refractivity contribution in [1.29, 1.82) is 0 Å². The number of carbonyl (C=O) groups excluding carboxylic acids is 2. The number of hydrogen-bond acceptors (Lipinski definition) is 4. The average Bonchev–Trinajstić information content (AvgIpc) is 3.41. The summed E-state index contributed by atoms with van der Waals surface area (Å²) in [6.07, 6.45) is 6.52. The number of rotatable bonds is 5. The van der Waals surface area contributed by atoms with Gasteiger partial charge in [0.15, 0.2) is 0 Å². The summed E-state index contributed by atoms with van der Waals surface area (Å²) in [5, 5.41) is 0. The molecule has 0 aromatic carbocycles. The molecular weight excluding hydrogens is 358 g/mol. The van der Waals surface area contributed by atoms with E-state index in [9.17, 15) is 14.4 Å². The number of H-pyrrole nitrogens is 1. The van der Waals surface area contributed by atoms with Crippen LogP contribution in [0.2, 0.25) is 0 Å². The van der Waals surface area contributed by atoms with Crippen LogP contribution in [0.4, 0.5) is 0 Å². The zero-order valence-electron chi connectivity index (χ0n) is 16.0. The molecule has 2 aliphatic rings. The number of likely N-dealkylation sites (tertiary alicyclic amines) is 2. The van der Waals surface area contributed by atoms with Crippen LogP contribution in [-0.2, 0) is 17.8 Å². The van der Waals surface area contributed by atoms with Crippen molar-refractivity contribution in [2.45, 2.75) is 51.2 Å². The molecule has 2 aromatic rings. The Morgan fingerprint density at radius 2 is 1.93 bits per heavy atom. The molecule has 0 unspecified atom stereocenters. The molecule has 2 fully saturated rings. The number of aryl methyl sites for hydroxylation is 2. The van der Waals surface area contributed by atoms with Gasteiger partial charge in [0.2, 0.25) is 11.5 Å². The normalized spacial score (nSPS) is 21.2. The van der Waals surface area contributed by atoms with Crippen LogP contribution < -0.4 is 5.56 Å². The van der Waals surface area contributed by atoms with Crippen LogP contribution in [0.1, 0.15) is 42.5 Å². The molecule has 0 bridgehead atoms. The van der Waals surface area contributed by atoms with Gasteiger partial charge in [-0.1, -0.05) is 13.0 Å². The Kier molecular flexibility index (Phi) is 5.02. The molecule has 0 radical (unpaired) electrons. The Bertz CT molecular complexity index is 934. The number of pyridine rings is 1. The third kappa shape index (κ3) is 3.34. The highest BCUT2D eigenvalue weighted by Gasteiger charge is 2.46. The molecule has 0 spiro atoms. The number of nitrogens with one attached hydrogen (secondary N) is 1. The predicted molar refractivity (Wildman–Crippen MR) is 103 cm³/mol. The zero-order chi connectivity index (χ0) is 19.7. The highest BCUT2D eigenvalue weighted by atomic mass is 16.2. The van der Waals surface area contributed by atoms with Gasteiger partial charge in [-0.2, -0.15) is 0 Å². The van der Waals surface area contributed by atoms with Crippen molar-refractivity contribution in [1.82, 2.24) is 24.3 Å². The van der Waals surface area contributed by atoms with Gasteiger partial charge in [-0.3, -0.25) is 14.4 Å². The molecule has 8 heteroatoms. The van der Waals surface area contributed by atoms with Crippen LogP contribution in [0.5, 0.6) is 0 Å². The fourth-order valence-corrected chi connectivity index (χ4v) is 4.49. The lowest BCUT2D eigenvalue weighted by molar-refractivity contribution is -0.132. The second kappa shape index (κ2) is 7.61. The van der Waals surface area contributed by atoms with E-state index >= 15 is 0 Å². The summed E-state index contributed by atoms with van der Waals surface area (Å²) in [4.78, 5) is 47.8. The lowest BCUT2D eigenvalue weighted by atomic mass is 10.1. The lowest BCUT2D eigenvalue weighted by Crippen LogP contribution is -2.42. The molecule has 2 saturated heterocycles. The molecule has 2 amide bonds. The Balaban J connectivity index is 1.40. The molecule has 2 atom stereocenters. The van der Waals surface area contributed by atoms with E-state index in [0.717, 1.165) is 25.1 Å². The molecule has 28 heavy (non-hydrogen) atoms. The van der Waals surface area contributed by atoms with Gasteiger partial charge in [-0.05, 0) is 18.9 Å². The summed E-state index contributed by atoms with van der Waals surface area (Å²) in [6, 6.07) is 4.71. The van der Waals surface area contributed by atoms with E-state index in [-0.39, 0.29) is 29.5 Å².